The van der Waals surface area contributed by atoms with Gasteiger partial charge >= 0.3 is 11.8 Å². The van der Waals surface area contributed by atoms with E-state index in [0.29, 0.717) is 24.5 Å². The van der Waals surface area contributed by atoms with Gasteiger partial charge in [0.15, 0.2) is 0 Å². The minimum atomic E-state index is -0.969. The zero-order valence-electron chi connectivity index (χ0n) is 16.3. The summed E-state index contributed by atoms with van der Waals surface area (Å²) in [6, 6.07) is 13.2. The highest BCUT2D eigenvalue weighted by Crippen LogP contribution is 2.30. The number of nitrogens with zero attached hydrogens (tertiary/aromatic N) is 2. The molecule has 0 aliphatic carbocycles. The van der Waals surface area contributed by atoms with Gasteiger partial charge in [0.2, 0.25) is 0 Å². The van der Waals surface area contributed by atoms with E-state index in [1.807, 2.05) is 56.4 Å². The van der Waals surface area contributed by atoms with E-state index >= 15 is 0 Å². The Kier molecular flexibility index (Phi) is 5.40. The van der Waals surface area contributed by atoms with Crippen LogP contribution in [0.3, 0.4) is 0 Å². The fraction of sp³-hybridized carbons (Fsp3) is 0.273. The Morgan fingerprint density at radius 1 is 1.18 bits per heavy atom. The summed E-state index contributed by atoms with van der Waals surface area (Å²) in [5.41, 5.74) is 8.80. The van der Waals surface area contributed by atoms with Crippen LogP contribution < -0.4 is 10.6 Å². The van der Waals surface area contributed by atoms with Gasteiger partial charge in [0.1, 0.15) is 5.75 Å². The van der Waals surface area contributed by atoms with Gasteiger partial charge in [-0.1, -0.05) is 32.0 Å². The van der Waals surface area contributed by atoms with Crippen molar-refractivity contribution in [2.75, 3.05) is 11.4 Å². The molecule has 0 saturated heterocycles. The fourth-order valence-corrected chi connectivity index (χ4v) is 3.50. The van der Waals surface area contributed by atoms with Crippen LogP contribution in [-0.4, -0.2) is 28.0 Å². The highest BCUT2D eigenvalue weighted by Gasteiger charge is 2.21. The number of primary amides is 1. The minimum Gasteiger partial charge on any atom is -0.508 e. The molecule has 0 spiro atoms. The summed E-state index contributed by atoms with van der Waals surface area (Å²) in [6.45, 7) is 6.88. The molecule has 0 unspecified atom stereocenters. The molecule has 0 atom stereocenters. The van der Waals surface area contributed by atoms with Gasteiger partial charge in [-0.15, -0.1) is 0 Å². The van der Waals surface area contributed by atoms with E-state index in [0.717, 1.165) is 22.0 Å². The van der Waals surface area contributed by atoms with Gasteiger partial charge < -0.3 is 20.3 Å². The predicted molar refractivity (Wildman–Crippen MR) is 110 cm³/mol. The number of carbonyl (C=O) groups excluding carboxylic acids is 2. The minimum absolute atomic E-state index is 0.228. The molecule has 6 heteroatoms. The highest BCUT2D eigenvalue weighted by atomic mass is 16.3. The summed E-state index contributed by atoms with van der Waals surface area (Å²) in [6.07, 6.45) is 1.96. The van der Waals surface area contributed by atoms with Crippen molar-refractivity contribution in [3.05, 3.63) is 59.8 Å². The molecule has 6 nitrogen and oxygen atoms in total. The van der Waals surface area contributed by atoms with Crippen LogP contribution in [0.1, 0.15) is 37.8 Å². The standard InChI is InChI=1S/C22H25N3O3/c1-4-25(22(28)21(23)27)19-7-5-6-18-16(19)10-11-24(18)13-15-8-9-20(26)17(12-15)14(2)3/h5-12,14,26H,4,13H2,1-3H3,(H2,23,27). The molecule has 0 aliphatic heterocycles. The van der Waals surface area contributed by atoms with Gasteiger partial charge in [-0.2, -0.15) is 0 Å². The fourth-order valence-electron chi connectivity index (χ4n) is 3.50. The van der Waals surface area contributed by atoms with Crippen LogP contribution in [0.2, 0.25) is 0 Å². The summed E-state index contributed by atoms with van der Waals surface area (Å²) in [5, 5.41) is 10.9. The largest absolute Gasteiger partial charge is 0.508 e. The van der Waals surface area contributed by atoms with E-state index < -0.39 is 11.8 Å². The average molecular weight is 379 g/mol. The number of phenols is 1. The molecule has 2 amide bonds. The number of aromatic hydroxyl groups is 1. The SMILES string of the molecule is CCN(C(=O)C(N)=O)c1cccc2c1ccn2Cc1ccc(O)c(C(C)C)c1. The Bertz CT molecular complexity index is 1040. The lowest BCUT2D eigenvalue weighted by molar-refractivity contribution is -0.135. The predicted octanol–water partition coefficient (Wildman–Crippen LogP) is 3.36. The maximum Gasteiger partial charge on any atom is 0.316 e. The first kappa shape index (κ1) is 19.5. The molecule has 0 fully saturated rings. The topological polar surface area (TPSA) is 88.6 Å². The molecule has 0 saturated carbocycles. The molecule has 146 valence electrons. The van der Waals surface area contributed by atoms with Crippen LogP contribution in [0.25, 0.3) is 10.9 Å². The normalized spacial score (nSPS) is 11.1. The molecule has 3 rings (SSSR count). The number of fused-ring (bicyclic) bond motifs is 1. The quantitative estimate of drug-likeness (QED) is 0.666. The first-order valence-corrected chi connectivity index (χ1v) is 9.34. The van der Waals surface area contributed by atoms with E-state index in [1.54, 1.807) is 13.0 Å². The number of amides is 2. The van der Waals surface area contributed by atoms with Crippen LogP contribution in [-0.2, 0) is 16.1 Å². The van der Waals surface area contributed by atoms with Gasteiger partial charge in [-0.05, 0) is 48.2 Å². The smallest absolute Gasteiger partial charge is 0.316 e. The van der Waals surface area contributed by atoms with Crippen LogP contribution in [0.15, 0.2) is 48.7 Å². The zero-order valence-corrected chi connectivity index (χ0v) is 16.3. The number of hydrogen-bond donors (Lipinski definition) is 2. The van der Waals surface area contributed by atoms with Crippen molar-refractivity contribution >= 4 is 28.4 Å². The third-order valence-corrected chi connectivity index (χ3v) is 4.92. The Morgan fingerprint density at radius 3 is 2.57 bits per heavy atom. The van der Waals surface area contributed by atoms with Crippen molar-refractivity contribution in [3.63, 3.8) is 0 Å². The molecular formula is C22H25N3O3. The number of phenolic OH excluding ortho intramolecular Hbond substituents is 1. The lowest BCUT2D eigenvalue weighted by Crippen LogP contribution is -2.40. The second-order valence-electron chi connectivity index (χ2n) is 7.12. The lowest BCUT2D eigenvalue weighted by atomic mass is 9.99. The van der Waals surface area contributed by atoms with Gasteiger partial charge in [0, 0.05) is 24.7 Å². The van der Waals surface area contributed by atoms with E-state index in [1.165, 1.54) is 4.90 Å². The van der Waals surface area contributed by atoms with Crippen molar-refractivity contribution in [2.24, 2.45) is 5.73 Å². The van der Waals surface area contributed by atoms with Crippen molar-refractivity contribution in [1.29, 1.82) is 0 Å². The zero-order chi connectivity index (χ0) is 20.4. The molecular weight excluding hydrogens is 354 g/mol. The van der Waals surface area contributed by atoms with Gasteiger partial charge in [-0.25, -0.2) is 0 Å². The molecule has 3 aromatic rings. The highest BCUT2D eigenvalue weighted by molar-refractivity contribution is 6.40. The number of aromatic nitrogens is 1. The van der Waals surface area contributed by atoms with Crippen LogP contribution in [0.5, 0.6) is 5.75 Å². The van der Waals surface area contributed by atoms with Crippen LogP contribution in [0, 0.1) is 0 Å². The van der Waals surface area contributed by atoms with Crippen LogP contribution in [0.4, 0.5) is 5.69 Å². The molecule has 28 heavy (non-hydrogen) atoms. The Morgan fingerprint density at radius 2 is 1.93 bits per heavy atom. The lowest BCUT2D eigenvalue weighted by Gasteiger charge is -2.20. The van der Waals surface area contributed by atoms with Crippen molar-refractivity contribution in [2.45, 2.75) is 33.2 Å². The van der Waals surface area contributed by atoms with Crippen LogP contribution >= 0.6 is 0 Å². The number of carbonyl (C=O) groups is 2. The molecule has 0 aliphatic rings. The van der Waals surface area contributed by atoms with Gasteiger partial charge in [-0.3, -0.25) is 9.59 Å². The second-order valence-corrected chi connectivity index (χ2v) is 7.12. The third-order valence-electron chi connectivity index (χ3n) is 4.92. The molecule has 0 bridgehead atoms. The summed E-state index contributed by atoms with van der Waals surface area (Å²) >= 11 is 0. The maximum absolute atomic E-state index is 12.2. The summed E-state index contributed by atoms with van der Waals surface area (Å²) in [7, 11) is 0. The number of likely N-dealkylation sites (N-methyl/N-ethyl adjacent to an activating group) is 1. The van der Waals surface area contributed by atoms with E-state index in [9.17, 15) is 14.7 Å². The molecule has 3 N–H and O–H groups in total. The number of nitrogens with two attached hydrogens (primary N) is 1. The first-order valence-electron chi connectivity index (χ1n) is 9.34. The van der Waals surface area contributed by atoms with E-state index in [4.69, 9.17) is 5.73 Å². The Hall–Kier alpha value is -3.28. The summed E-state index contributed by atoms with van der Waals surface area (Å²) in [4.78, 5) is 24.9. The van der Waals surface area contributed by atoms with E-state index in [-0.39, 0.29) is 5.92 Å². The maximum atomic E-state index is 12.2. The number of benzene rings is 2. The summed E-state index contributed by atoms with van der Waals surface area (Å²) in [5.74, 6) is -1.15. The number of hydrogen-bond acceptors (Lipinski definition) is 3. The Labute approximate surface area is 164 Å². The van der Waals surface area contributed by atoms with Crippen molar-refractivity contribution in [1.82, 2.24) is 4.57 Å². The molecule has 1 aromatic heterocycles. The number of rotatable bonds is 5. The summed E-state index contributed by atoms with van der Waals surface area (Å²) < 4.78 is 2.08. The van der Waals surface area contributed by atoms with Crippen molar-refractivity contribution < 1.29 is 14.7 Å². The van der Waals surface area contributed by atoms with Gasteiger partial charge in [0.25, 0.3) is 0 Å². The van der Waals surface area contributed by atoms with Gasteiger partial charge in [0.05, 0.1) is 11.2 Å². The molecule has 1 heterocycles. The Balaban J connectivity index is 2.01. The third kappa shape index (κ3) is 3.58. The molecule has 0 radical (unpaired) electrons. The second kappa shape index (κ2) is 7.76. The monoisotopic (exact) mass is 379 g/mol. The number of anilines is 1. The van der Waals surface area contributed by atoms with E-state index in [2.05, 4.69) is 4.57 Å². The molecule has 2 aromatic carbocycles. The average Bonchev–Trinajstić information content (AvgIpc) is 3.07. The van der Waals surface area contributed by atoms with Crippen molar-refractivity contribution in [3.8, 4) is 5.75 Å². The first-order chi connectivity index (χ1) is 13.3.